The Morgan fingerprint density at radius 3 is 2.93 bits per heavy atom. The van der Waals surface area contributed by atoms with Crippen LogP contribution in [0.25, 0.3) is 10.2 Å². The number of thiazole rings is 1. The second kappa shape index (κ2) is 7.20. The van der Waals surface area contributed by atoms with E-state index in [2.05, 4.69) is 20.3 Å². The molecule has 0 bridgehead atoms. The number of primary amides is 1. The van der Waals surface area contributed by atoms with E-state index >= 15 is 0 Å². The van der Waals surface area contributed by atoms with Crippen molar-refractivity contribution in [2.75, 3.05) is 0 Å². The number of aromatic amines is 1. The number of rotatable bonds is 6. The van der Waals surface area contributed by atoms with Gasteiger partial charge in [-0.1, -0.05) is 0 Å². The zero-order chi connectivity index (χ0) is 19.0. The molecule has 8 nitrogen and oxygen atoms in total. The van der Waals surface area contributed by atoms with E-state index < -0.39 is 5.91 Å². The van der Waals surface area contributed by atoms with Gasteiger partial charge in [-0.3, -0.25) is 14.4 Å². The highest BCUT2D eigenvalue weighted by Crippen LogP contribution is 2.34. The van der Waals surface area contributed by atoms with Gasteiger partial charge in [-0.25, -0.2) is 9.97 Å². The first-order chi connectivity index (χ1) is 13.0. The van der Waals surface area contributed by atoms with Gasteiger partial charge in [-0.2, -0.15) is 0 Å². The summed E-state index contributed by atoms with van der Waals surface area (Å²) in [6.07, 6.45) is 3.61. The van der Waals surface area contributed by atoms with Crippen LogP contribution in [0, 0.1) is 0 Å². The van der Waals surface area contributed by atoms with E-state index in [0.29, 0.717) is 17.3 Å². The molecule has 0 fully saturated rings. The first-order valence-corrected chi connectivity index (χ1v) is 10.2. The Hall–Kier alpha value is -2.59. The van der Waals surface area contributed by atoms with E-state index in [1.54, 1.807) is 16.7 Å². The Balaban J connectivity index is 1.37. The molecule has 1 aliphatic carbocycles. The van der Waals surface area contributed by atoms with E-state index in [9.17, 15) is 14.4 Å². The quantitative estimate of drug-likeness (QED) is 0.571. The number of amides is 2. The maximum Gasteiger partial charge on any atom is 0.268 e. The van der Waals surface area contributed by atoms with Crippen LogP contribution in [0.1, 0.15) is 44.6 Å². The summed E-state index contributed by atoms with van der Waals surface area (Å²) in [6, 6.07) is 0. The van der Waals surface area contributed by atoms with Crippen molar-refractivity contribution >= 4 is 44.7 Å². The van der Waals surface area contributed by atoms with Crippen molar-refractivity contribution in [2.24, 2.45) is 5.73 Å². The van der Waals surface area contributed by atoms with Crippen LogP contribution in [0.3, 0.4) is 0 Å². The molecule has 4 rings (SSSR count). The summed E-state index contributed by atoms with van der Waals surface area (Å²) >= 11 is 2.85. The Labute approximate surface area is 161 Å². The molecule has 0 saturated carbocycles. The topological polar surface area (TPSA) is 131 Å². The molecule has 0 aromatic carbocycles. The average Bonchev–Trinajstić information content (AvgIpc) is 3.33. The molecule has 140 valence electrons. The van der Waals surface area contributed by atoms with E-state index in [1.807, 2.05) is 0 Å². The minimum atomic E-state index is -0.589. The number of hydrogen-bond donors (Lipinski definition) is 3. The number of fused-ring (bicyclic) bond motifs is 3. The number of carbonyl (C=O) groups is 2. The fraction of sp³-hybridized carbons (Fsp3) is 0.353. The molecular formula is C17H17N5O3S2. The molecule has 1 aliphatic rings. The molecule has 0 radical (unpaired) electrons. The first-order valence-electron chi connectivity index (χ1n) is 8.55. The molecular weight excluding hydrogens is 386 g/mol. The second-order valence-electron chi connectivity index (χ2n) is 6.32. The Kier molecular flexibility index (Phi) is 4.75. The number of nitrogens with two attached hydrogens (primary N) is 1. The van der Waals surface area contributed by atoms with Gasteiger partial charge in [0.25, 0.3) is 11.5 Å². The molecule has 10 heteroatoms. The SMILES string of the molecule is NC(=O)c1csc(CNC(=O)CCc2nc3sc4c(c3c(=O)[nH]2)CCC4)n1. The predicted molar refractivity (Wildman–Crippen MR) is 103 cm³/mol. The largest absolute Gasteiger partial charge is 0.364 e. The molecule has 4 N–H and O–H groups in total. The Morgan fingerprint density at radius 1 is 1.30 bits per heavy atom. The molecule has 0 aliphatic heterocycles. The number of hydrogen-bond acceptors (Lipinski definition) is 7. The van der Waals surface area contributed by atoms with Gasteiger partial charge in [-0.15, -0.1) is 22.7 Å². The minimum absolute atomic E-state index is 0.114. The highest BCUT2D eigenvalue weighted by Gasteiger charge is 2.21. The summed E-state index contributed by atoms with van der Waals surface area (Å²) < 4.78 is 0. The smallest absolute Gasteiger partial charge is 0.268 e. The Bertz CT molecular complexity index is 1100. The lowest BCUT2D eigenvalue weighted by molar-refractivity contribution is -0.121. The van der Waals surface area contributed by atoms with Gasteiger partial charge in [0.15, 0.2) is 0 Å². The van der Waals surface area contributed by atoms with Crippen LogP contribution in [0.2, 0.25) is 0 Å². The summed E-state index contributed by atoms with van der Waals surface area (Å²) in [6.45, 7) is 0.234. The van der Waals surface area contributed by atoms with Crippen molar-refractivity contribution in [3.05, 3.63) is 42.7 Å². The fourth-order valence-corrected chi connectivity index (χ4v) is 5.17. The predicted octanol–water partition coefficient (Wildman–Crippen LogP) is 1.28. The zero-order valence-corrected chi connectivity index (χ0v) is 16.0. The van der Waals surface area contributed by atoms with Crippen LogP contribution < -0.4 is 16.6 Å². The number of thiophene rings is 1. The summed E-state index contributed by atoms with van der Waals surface area (Å²) in [7, 11) is 0. The van der Waals surface area contributed by atoms with E-state index in [-0.39, 0.29) is 30.1 Å². The van der Waals surface area contributed by atoms with Crippen molar-refractivity contribution in [1.29, 1.82) is 0 Å². The lowest BCUT2D eigenvalue weighted by atomic mass is 10.2. The van der Waals surface area contributed by atoms with Crippen LogP contribution in [-0.2, 0) is 30.6 Å². The molecule has 3 heterocycles. The van der Waals surface area contributed by atoms with Gasteiger partial charge < -0.3 is 16.0 Å². The summed E-state index contributed by atoms with van der Waals surface area (Å²) in [4.78, 5) is 48.9. The summed E-state index contributed by atoms with van der Waals surface area (Å²) in [5, 5.41) is 5.63. The van der Waals surface area contributed by atoms with Crippen molar-refractivity contribution in [3.63, 3.8) is 0 Å². The third-order valence-corrected chi connectivity index (χ3v) is 6.49. The molecule has 27 heavy (non-hydrogen) atoms. The number of nitrogens with one attached hydrogen (secondary N) is 2. The standard InChI is InChI=1S/C17H17N5O3S2/c18-15(24)9-7-26-13(20-9)6-19-12(23)5-4-11-21-16(25)14-8-2-1-3-10(8)27-17(14)22-11/h7H,1-6H2,(H2,18,24)(H,19,23)(H,21,22,25). The van der Waals surface area contributed by atoms with Gasteiger partial charge in [-0.05, 0) is 24.8 Å². The van der Waals surface area contributed by atoms with Crippen LogP contribution in [-0.4, -0.2) is 26.8 Å². The monoisotopic (exact) mass is 403 g/mol. The van der Waals surface area contributed by atoms with Gasteiger partial charge in [0, 0.05) is 23.1 Å². The lowest BCUT2D eigenvalue weighted by Gasteiger charge is -2.03. The van der Waals surface area contributed by atoms with E-state index in [0.717, 1.165) is 35.0 Å². The van der Waals surface area contributed by atoms with E-state index in [1.165, 1.54) is 16.2 Å². The third-order valence-electron chi connectivity index (χ3n) is 4.45. The number of aryl methyl sites for hydroxylation is 3. The number of nitrogens with zero attached hydrogens (tertiary/aromatic N) is 2. The van der Waals surface area contributed by atoms with Crippen molar-refractivity contribution in [1.82, 2.24) is 20.3 Å². The van der Waals surface area contributed by atoms with Gasteiger partial charge in [0.2, 0.25) is 5.91 Å². The van der Waals surface area contributed by atoms with Crippen molar-refractivity contribution < 1.29 is 9.59 Å². The maximum atomic E-state index is 12.4. The molecule has 0 spiro atoms. The molecule has 3 aromatic rings. The second-order valence-corrected chi connectivity index (χ2v) is 8.34. The maximum absolute atomic E-state index is 12.4. The molecule has 0 saturated heterocycles. The minimum Gasteiger partial charge on any atom is -0.364 e. The molecule has 0 atom stereocenters. The van der Waals surface area contributed by atoms with Crippen LogP contribution in [0.4, 0.5) is 0 Å². The number of carbonyl (C=O) groups excluding carboxylic acids is 2. The lowest BCUT2D eigenvalue weighted by Crippen LogP contribution is -2.24. The van der Waals surface area contributed by atoms with Gasteiger partial charge >= 0.3 is 0 Å². The first kappa shape index (κ1) is 17.8. The normalized spacial score (nSPS) is 13.0. The average molecular weight is 403 g/mol. The molecule has 0 unspecified atom stereocenters. The molecule has 3 aromatic heterocycles. The zero-order valence-electron chi connectivity index (χ0n) is 14.3. The highest BCUT2D eigenvalue weighted by molar-refractivity contribution is 7.18. The van der Waals surface area contributed by atoms with Crippen molar-refractivity contribution in [3.8, 4) is 0 Å². The van der Waals surface area contributed by atoms with Gasteiger partial charge in [0.05, 0.1) is 11.9 Å². The van der Waals surface area contributed by atoms with Crippen LogP contribution >= 0.6 is 22.7 Å². The van der Waals surface area contributed by atoms with Gasteiger partial charge in [0.1, 0.15) is 21.4 Å². The highest BCUT2D eigenvalue weighted by atomic mass is 32.1. The summed E-state index contributed by atoms with van der Waals surface area (Å²) in [5.74, 6) is -0.246. The Morgan fingerprint density at radius 2 is 2.15 bits per heavy atom. The third kappa shape index (κ3) is 3.62. The van der Waals surface area contributed by atoms with E-state index in [4.69, 9.17) is 5.73 Å². The number of aromatic nitrogens is 3. The number of H-pyrrole nitrogens is 1. The fourth-order valence-electron chi connectivity index (χ4n) is 3.17. The molecule has 2 amide bonds. The summed E-state index contributed by atoms with van der Waals surface area (Å²) in [5.41, 5.74) is 6.38. The van der Waals surface area contributed by atoms with Crippen LogP contribution in [0.5, 0.6) is 0 Å². The van der Waals surface area contributed by atoms with Crippen molar-refractivity contribution in [2.45, 2.75) is 38.6 Å². The van der Waals surface area contributed by atoms with Crippen LogP contribution in [0.15, 0.2) is 10.2 Å².